The fraction of sp³-hybridized carbons (Fsp3) is 0.714. The molecule has 0 aromatic carbocycles. The van der Waals surface area contributed by atoms with Crippen molar-refractivity contribution in [2.45, 2.75) is 46.1 Å². The van der Waals surface area contributed by atoms with Gasteiger partial charge in [0.2, 0.25) is 0 Å². The van der Waals surface area contributed by atoms with Gasteiger partial charge in [0.15, 0.2) is 0 Å². The van der Waals surface area contributed by atoms with Crippen LogP contribution in [0.1, 0.15) is 39.2 Å². The molecule has 0 aliphatic carbocycles. The molecule has 0 aliphatic heterocycles. The maximum atomic E-state index is 5.76. The van der Waals surface area contributed by atoms with Crippen LogP contribution in [0.15, 0.2) is 16.5 Å². The zero-order valence-electron chi connectivity index (χ0n) is 11.7. The summed E-state index contributed by atoms with van der Waals surface area (Å²) in [6, 6.07) is 4.44. The lowest BCUT2D eigenvalue weighted by Crippen LogP contribution is -2.45. The minimum absolute atomic E-state index is 0.00340. The first-order chi connectivity index (χ1) is 7.86. The second-order valence-corrected chi connectivity index (χ2v) is 5.76. The van der Waals surface area contributed by atoms with Gasteiger partial charge in [-0.1, -0.05) is 27.7 Å². The van der Waals surface area contributed by atoms with Gasteiger partial charge in [-0.3, -0.25) is 0 Å². The summed E-state index contributed by atoms with van der Waals surface area (Å²) in [6.07, 6.45) is 0. The third kappa shape index (κ3) is 3.86. The number of furan rings is 1. The van der Waals surface area contributed by atoms with Crippen molar-refractivity contribution in [3.8, 4) is 0 Å². The lowest BCUT2D eigenvalue weighted by Gasteiger charge is -2.28. The first-order valence-corrected chi connectivity index (χ1v) is 6.37. The molecule has 0 aliphatic rings. The molecule has 0 amide bonds. The highest BCUT2D eigenvalue weighted by Crippen LogP contribution is 2.24. The van der Waals surface area contributed by atoms with Crippen LogP contribution in [0.25, 0.3) is 0 Å². The SMILES string of the molecule is Cc1ccc(C(C)(C)CNC(CN)C(C)C)o1. The predicted molar refractivity (Wildman–Crippen MR) is 72.2 cm³/mol. The molecule has 17 heavy (non-hydrogen) atoms. The average Bonchev–Trinajstić information content (AvgIpc) is 2.66. The van der Waals surface area contributed by atoms with Crippen LogP contribution in [0.5, 0.6) is 0 Å². The average molecular weight is 238 g/mol. The van der Waals surface area contributed by atoms with E-state index in [0.717, 1.165) is 18.1 Å². The molecule has 3 N–H and O–H groups in total. The van der Waals surface area contributed by atoms with Gasteiger partial charge in [-0.15, -0.1) is 0 Å². The molecule has 1 atom stereocenters. The van der Waals surface area contributed by atoms with Crippen molar-refractivity contribution in [1.29, 1.82) is 0 Å². The van der Waals surface area contributed by atoms with Gasteiger partial charge >= 0.3 is 0 Å². The van der Waals surface area contributed by atoms with Crippen LogP contribution in [-0.2, 0) is 5.41 Å². The molecule has 0 fully saturated rings. The molecule has 98 valence electrons. The van der Waals surface area contributed by atoms with Crippen molar-refractivity contribution < 1.29 is 4.42 Å². The van der Waals surface area contributed by atoms with Gasteiger partial charge in [0.05, 0.1) is 0 Å². The molecule has 0 saturated heterocycles. The Labute approximate surface area is 105 Å². The first kappa shape index (κ1) is 14.3. The lowest BCUT2D eigenvalue weighted by atomic mass is 9.89. The topological polar surface area (TPSA) is 51.2 Å². The van der Waals surface area contributed by atoms with Gasteiger partial charge in [0.1, 0.15) is 11.5 Å². The minimum atomic E-state index is -0.00340. The van der Waals surface area contributed by atoms with Crippen molar-refractivity contribution >= 4 is 0 Å². The van der Waals surface area contributed by atoms with E-state index in [1.165, 1.54) is 0 Å². The third-order valence-electron chi connectivity index (χ3n) is 3.27. The van der Waals surface area contributed by atoms with Crippen LogP contribution >= 0.6 is 0 Å². The molecular formula is C14H26N2O. The summed E-state index contributed by atoms with van der Waals surface area (Å²) in [5.74, 6) is 2.54. The molecule has 1 aromatic rings. The van der Waals surface area contributed by atoms with E-state index in [9.17, 15) is 0 Å². The van der Waals surface area contributed by atoms with E-state index in [1.54, 1.807) is 0 Å². The fourth-order valence-corrected chi connectivity index (χ4v) is 1.86. The molecule has 0 saturated carbocycles. The van der Waals surface area contributed by atoms with Crippen LogP contribution < -0.4 is 11.1 Å². The fourth-order valence-electron chi connectivity index (χ4n) is 1.86. The summed E-state index contributed by atoms with van der Waals surface area (Å²) in [5, 5.41) is 3.53. The van der Waals surface area contributed by atoms with Gasteiger partial charge in [-0.25, -0.2) is 0 Å². The van der Waals surface area contributed by atoms with E-state index in [2.05, 4.69) is 39.1 Å². The highest BCUT2D eigenvalue weighted by molar-refractivity contribution is 5.15. The monoisotopic (exact) mass is 238 g/mol. The molecule has 0 bridgehead atoms. The van der Waals surface area contributed by atoms with E-state index >= 15 is 0 Å². The van der Waals surface area contributed by atoms with Crippen LogP contribution in [-0.4, -0.2) is 19.1 Å². The maximum absolute atomic E-state index is 5.76. The Hall–Kier alpha value is -0.800. The van der Waals surface area contributed by atoms with Crippen molar-refractivity contribution in [3.63, 3.8) is 0 Å². The number of nitrogens with two attached hydrogens (primary N) is 1. The molecule has 1 aromatic heterocycles. The van der Waals surface area contributed by atoms with Crippen LogP contribution in [0.2, 0.25) is 0 Å². The highest BCUT2D eigenvalue weighted by Gasteiger charge is 2.25. The largest absolute Gasteiger partial charge is 0.466 e. The van der Waals surface area contributed by atoms with Gasteiger partial charge in [-0.05, 0) is 25.0 Å². The number of aryl methyl sites for hydroxylation is 1. The van der Waals surface area contributed by atoms with Crippen molar-refractivity contribution in [1.82, 2.24) is 5.32 Å². The Morgan fingerprint density at radius 3 is 2.41 bits per heavy atom. The van der Waals surface area contributed by atoms with E-state index < -0.39 is 0 Å². The zero-order chi connectivity index (χ0) is 13.1. The van der Waals surface area contributed by atoms with Crippen molar-refractivity contribution in [2.24, 2.45) is 11.7 Å². The normalized spacial score (nSPS) is 14.3. The molecule has 1 heterocycles. The smallest absolute Gasteiger partial charge is 0.111 e. The van der Waals surface area contributed by atoms with Gasteiger partial charge < -0.3 is 15.5 Å². The summed E-state index contributed by atoms with van der Waals surface area (Å²) < 4.78 is 5.70. The van der Waals surface area contributed by atoms with Gasteiger partial charge in [0, 0.05) is 24.5 Å². The summed E-state index contributed by atoms with van der Waals surface area (Å²) in [6.45, 7) is 12.3. The summed E-state index contributed by atoms with van der Waals surface area (Å²) in [7, 11) is 0. The number of hydrogen-bond acceptors (Lipinski definition) is 3. The number of rotatable bonds is 6. The zero-order valence-corrected chi connectivity index (χ0v) is 11.7. The number of nitrogens with one attached hydrogen (secondary N) is 1. The second-order valence-electron chi connectivity index (χ2n) is 5.76. The second kappa shape index (κ2) is 5.69. The van der Waals surface area contributed by atoms with E-state index in [1.807, 2.05) is 13.0 Å². The van der Waals surface area contributed by atoms with Crippen molar-refractivity contribution in [2.75, 3.05) is 13.1 Å². The van der Waals surface area contributed by atoms with Gasteiger partial charge in [-0.2, -0.15) is 0 Å². The molecule has 3 nitrogen and oxygen atoms in total. The Morgan fingerprint density at radius 2 is 2.00 bits per heavy atom. The van der Waals surface area contributed by atoms with E-state index in [4.69, 9.17) is 10.2 Å². The molecular weight excluding hydrogens is 212 g/mol. The Bertz CT molecular complexity index is 342. The molecule has 0 spiro atoms. The number of hydrogen-bond donors (Lipinski definition) is 2. The molecule has 1 rings (SSSR count). The maximum Gasteiger partial charge on any atom is 0.111 e. The van der Waals surface area contributed by atoms with Crippen LogP contribution in [0.3, 0.4) is 0 Å². The first-order valence-electron chi connectivity index (χ1n) is 6.37. The Kier molecular flexibility index (Phi) is 4.78. The summed E-state index contributed by atoms with van der Waals surface area (Å²) in [4.78, 5) is 0. The third-order valence-corrected chi connectivity index (χ3v) is 3.27. The van der Waals surface area contributed by atoms with Gasteiger partial charge in [0.25, 0.3) is 0 Å². The van der Waals surface area contributed by atoms with E-state index in [0.29, 0.717) is 18.5 Å². The summed E-state index contributed by atoms with van der Waals surface area (Å²) >= 11 is 0. The van der Waals surface area contributed by atoms with Crippen molar-refractivity contribution in [3.05, 3.63) is 23.7 Å². The predicted octanol–water partition coefficient (Wildman–Crippen LogP) is 2.44. The minimum Gasteiger partial charge on any atom is -0.466 e. The molecule has 3 heteroatoms. The quantitative estimate of drug-likeness (QED) is 0.800. The van der Waals surface area contributed by atoms with Crippen LogP contribution in [0, 0.1) is 12.8 Å². The highest BCUT2D eigenvalue weighted by atomic mass is 16.3. The summed E-state index contributed by atoms with van der Waals surface area (Å²) in [5.41, 5.74) is 5.76. The Balaban J connectivity index is 2.61. The molecule has 1 unspecified atom stereocenters. The van der Waals surface area contributed by atoms with Crippen LogP contribution in [0.4, 0.5) is 0 Å². The molecule has 0 radical (unpaired) electrons. The standard InChI is InChI=1S/C14H26N2O/c1-10(2)12(8-15)16-9-14(4,5)13-7-6-11(3)17-13/h6-7,10,12,16H,8-9,15H2,1-5H3. The Morgan fingerprint density at radius 1 is 1.35 bits per heavy atom. The van der Waals surface area contributed by atoms with E-state index in [-0.39, 0.29) is 5.41 Å². The lowest BCUT2D eigenvalue weighted by molar-refractivity contribution is 0.318.